The molecular formula is C22H25N5O9S2. The van der Waals surface area contributed by atoms with E-state index < -0.39 is 47.4 Å². The van der Waals surface area contributed by atoms with Crippen molar-refractivity contribution >= 4 is 63.7 Å². The standard InChI is InChI=1S/C22H25N5O9S2/c1-6-14(35-10(3)29)12-7-37-20-16(25-18(30)15(26-33-5)13-8-38-22(23)24-13)19(31)27(20)17(12)21(32)36-11(4)34-9(2)28/h6,8,11,16,20H,7H2,1-5H3,(H2,23,24)(H,25,30)/b14-6+,26-15-/t11?,16-,20-/m1/s1. The average Bonchev–Trinajstić information content (AvgIpc) is 3.28. The lowest BCUT2D eigenvalue weighted by Gasteiger charge is -2.49. The van der Waals surface area contributed by atoms with Crippen molar-refractivity contribution in [2.45, 2.75) is 45.4 Å². The zero-order chi connectivity index (χ0) is 28.1. The molecule has 0 spiro atoms. The largest absolute Gasteiger partial charge is 0.427 e. The number of hydrogen-bond donors (Lipinski definition) is 2. The number of amides is 2. The molecule has 204 valence electrons. The number of esters is 3. The van der Waals surface area contributed by atoms with Crippen LogP contribution in [0.2, 0.25) is 0 Å². The molecular weight excluding hydrogens is 542 g/mol. The van der Waals surface area contributed by atoms with Crippen LogP contribution >= 0.6 is 23.1 Å². The van der Waals surface area contributed by atoms with Crippen molar-refractivity contribution in [2.75, 3.05) is 18.6 Å². The second-order valence-corrected chi connectivity index (χ2v) is 9.71. The minimum absolute atomic E-state index is 0.0615. The fourth-order valence-electron chi connectivity index (χ4n) is 3.61. The molecule has 0 bridgehead atoms. The Hall–Kier alpha value is -3.92. The maximum absolute atomic E-state index is 13.2. The van der Waals surface area contributed by atoms with Gasteiger partial charge in [-0.3, -0.25) is 24.1 Å². The van der Waals surface area contributed by atoms with Gasteiger partial charge in [-0.2, -0.15) is 0 Å². The van der Waals surface area contributed by atoms with E-state index in [1.807, 2.05) is 0 Å². The van der Waals surface area contributed by atoms with E-state index in [2.05, 4.69) is 15.5 Å². The maximum atomic E-state index is 13.2. The van der Waals surface area contributed by atoms with Crippen LogP contribution in [-0.2, 0) is 43.0 Å². The molecule has 1 unspecified atom stereocenters. The Kier molecular flexibility index (Phi) is 9.11. The van der Waals surface area contributed by atoms with E-state index in [1.165, 1.54) is 44.2 Å². The van der Waals surface area contributed by atoms with Gasteiger partial charge in [0, 0.05) is 37.5 Å². The summed E-state index contributed by atoms with van der Waals surface area (Å²) in [5.74, 6) is -3.48. The second-order valence-electron chi connectivity index (χ2n) is 7.71. The monoisotopic (exact) mass is 567 g/mol. The van der Waals surface area contributed by atoms with Crippen molar-refractivity contribution in [1.29, 1.82) is 0 Å². The third-order valence-corrected chi connectivity index (χ3v) is 6.98. The number of ether oxygens (including phenoxy) is 3. The number of nitrogens with two attached hydrogens (primary N) is 1. The smallest absolute Gasteiger partial charge is 0.358 e. The molecule has 1 aromatic heterocycles. The Morgan fingerprint density at radius 2 is 1.97 bits per heavy atom. The summed E-state index contributed by atoms with van der Waals surface area (Å²) < 4.78 is 15.3. The normalized spacial score (nSPS) is 20.1. The molecule has 2 amide bonds. The SMILES string of the molecule is C/C=C(/OC(C)=O)C1=C(C(=O)OC(C)OC(C)=O)N2C(=O)[C@@H](NC(=O)/C(=N\OC)c3csc(N)n3)[C@H]2SC1. The van der Waals surface area contributed by atoms with Crippen LogP contribution in [0.1, 0.15) is 33.4 Å². The second kappa shape index (κ2) is 12.1. The molecule has 1 aromatic rings. The Balaban J connectivity index is 1.90. The number of rotatable bonds is 9. The molecule has 0 radical (unpaired) electrons. The summed E-state index contributed by atoms with van der Waals surface area (Å²) in [5.41, 5.74) is 5.65. The summed E-state index contributed by atoms with van der Waals surface area (Å²) in [7, 11) is 1.25. The van der Waals surface area contributed by atoms with Crippen LogP contribution in [0.15, 0.2) is 33.6 Å². The van der Waals surface area contributed by atoms with Crippen molar-refractivity contribution in [3.8, 4) is 0 Å². The Bertz CT molecular complexity index is 1260. The van der Waals surface area contributed by atoms with Crippen LogP contribution in [0, 0.1) is 0 Å². The minimum Gasteiger partial charge on any atom is -0.427 e. The molecule has 0 aromatic carbocycles. The van der Waals surface area contributed by atoms with E-state index >= 15 is 0 Å². The number of carbonyl (C=O) groups is 5. The van der Waals surface area contributed by atoms with Gasteiger partial charge in [-0.15, -0.1) is 23.1 Å². The highest BCUT2D eigenvalue weighted by Crippen LogP contribution is 2.43. The number of hydrogen-bond acceptors (Lipinski definition) is 14. The molecule has 38 heavy (non-hydrogen) atoms. The summed E-state index contributed by atoms with van der Waals surface area (Å²) >= 11 is 2.32. The lowest BCUT2D eigenvalue weighted by Crippen LogP contribution is -2.71. The zero-order valence-corrected chi connectivity index (χ0v) is 22.6. The van der Waals surface area contributed by atoms with Crippen LogP contribution in [0.5, 0.6) is 0 Å². The van der Waals surface area contributed by atoms with Crippen molar-refractivity contribution in [3.05, 3.63) is 34.2 Å². The lowest BCUT2D eigenvalue weighted by molar-refractivity contribution is -0.182. The van der Waals surface area contributed by atoms with Gasteiger partial charge in [0.05, 0.1) is 0 Å². The quantitative estimate of drug-likeness (QED) is 0.106. The molecule has 3 atom stereocenters. The predicted molar refractivity (Wildman–Crippen MR) is 135 cm³/mol. The third kappa shape index (κ3) is 6.13. The molecule has 3 N–H and O–H groups in total. The first-order valence-corrected chi connectivity index (χ1v) is 13.0. The minimum atomic E-state index is -1.25. The molecule has 0 saturated carbocycles. The molecule has 14 nitrogen and oxygen atoms in total. The summed E-state index contributed by atoms with van der Waals surface area (Å²) in [5, 5.41) is 7.31. The third-order valence-electron chi connectivity index (χ3n) is 5.03. The summed E-state index contributed by atoms with van der Waals surface area (Å²) in [6.45, 7) is 5.27. The first-order chi connectivity index (χ1) is 18.0. The lowest BCUT2D eigenvalue weighted by atomic mass is 10.0. The highest BCUT2D eigenvalue weighted by atomic mass is 32.2. The number of thiazole rings is 1. The van der Waals surface area contributed by atoms with E-state index in [0.29, 0.717) is 0 Å². The zero-order valence-electron chi connectivity index (χ0n) is 21.0. The number of anilines is 1. The van der Waals surface area contributed by atoms with Crippen molar-refractivity contribution < 1.29 is 43.0 Å². The van der Waals surface area contributed by atoms with Gasteiger partial charge in [-0.25, -0.2) is 9.78 Å². The van der Waals surface area contributed by atoms with Crippen LogP contribution in [-0.4, -0.2) is 75.9 Å². The van der Waals surface area contributed by atoms with Gasteiger partial charge in [0.15, 0.2) is 10.8 Å². The molecule has 0 aliphatic carbocycles. The first-order valence-electron chi connectivity index (χ1n) is 11.0. The number of aromatic nitrogens is 1. The molecule has 2 aliphatic heterocycles. The van der Waals surface area contributed by atoms with Crippen LogP contribution in [0.4, 0.5) is 5.13 Å². The molecule has 2 aliphatic rings. The number of nitrogens with zero attached hydrogens (tertiary/aromatic N) is 3. The van der Waals surface area contributed by atoms with Gasteiger partial charge in [-0.1, -0.05) is 5.16 Å². The van der Waals surface area contributed by atoms with Gasteiger partial charge in [0.1, 0.15) is 35.7 Å². The number of allylic oxidation sites excluding steroid dienone is 2. The molecule has 1 saturated heterocycles. The fraction of sp³-hybridized carbons (Fsp3) is 0.409. The number of nitrogen functional groups attached to an aromatic ring is 1. The highest BCUT2D eigenvalue weighted by molar-refractivity contribution is 8.00. The van der Waals surface area contributed by atoms with Gasteiger partial charge in [0.2, 0.25) is 6.29 Å². The number of carbonyl (C=O) groups excluding carboxylic acids is 5. The summed E-state index contributed by atoms with van der Waals surface area (Å²) in [4.78, 5) is 72.2. The van der Waals surface area contributed by atoms with Crippen molar-refractivity contribution in [1.82, 2.24) is 15.2 Å². The first kappa shape index (κ1) is 28.6. The predicted octanol–water partition coefficient (Wildman–Crippen LogP) is 0.649. The van der Waals surface area contributed by atoms with E-state index in [9.17, 15) is 24.0 Å². The Labute approximate surface area is 225 Å². The fourth-order valence-corrected chi connectivity index (χ4v) is 5.51. The van der Waals surface area contributed by atoms with Gasteiger partial charge < -0.3 is 30.1 Å². The van der Waals surface area contributed by atoms with Gasteiger partial charge >= 0.3 is 17.9 Å². The average molecular weight is 568 g/mol. The Morgan fingerprint density at radius 1 is 1.26 bits per heavy atom. The van der Waals surface area contributed by atoms with E-state index in [0.717, 1.165) is 23.2 Å². The number of oxime groups is 1. The van der Waals surface area contributed by atoms with Crippen LogP contribution < -0.4 is 11.1 Å². The molecule has 3 heterocycles. The number of nitrogens with one attached hydrogen (secondary N) is 1. The maximum Gasteiger partial charge on any atom is 0.358 e. The van der Waals surface area contributed by atoms with Gasteiger partial charge in [-0.05, 0) is 13.0 Å². The van der Waals surface area contributed by atoms with Crippen LogP contribution in [0.25, 0.3) is 0 Å². The summed E-state index contributed by atoms with van der Waals surface area (Å²) in [6.07, 6.45) is 0.214. The highest BCUT2D eigenvalue weighted by Gasteiger charge is 2.55. The molecule has 16 heteroatoms. The number of β-lactam (4-membered cyclic amide) rings is 1. The number of fused-ring (bicyclic) bond motifs is 1. The Morgan fingerprint density at radius 3 is 2.53 bits per heavy atom. The van der Waals surface area contributed by atoms with Crippen LogP contribution in [0.3, 0.4) is 0 Å². The van der Waals surface area contributed by atoms with E-state index in [-0.39, 0.29) is 39.3 Å². The van der Waals surface area contributed by atoms with Gasteiger partial charge in [0.25, 0.3) is 11.8 Å². The van der Waals surface area contributed by atoms with Crippen molar-refractivity contribution in [3.63, 3.8) is 0 Å². The molecule has 1 fully saturated rings. The number of thioether (sulfide) groups is 1. The summed E-state index contributed by atoms with van der Waals surface area (Å²) in [6, 6.07) is -1.04. The topological polar surface area (TPSA) is 189 Å². The molecule has 3 rings (SSSR count). The van der Waals surface area contributed by atoms with E-state index in [1.54, 1.807) is 6.92 Å². The van der Waals surface area contributed by atoms with E-state index in [4.69, 9.17) is 24.8 Å². The van der Waals surface area contributed by atoms with Crippen molar-refractivity contribution in [2.24, 2.45) is 5.16 Å².